The number of pyridine rings is 1. The van der Waals surface area contributed by atoms with Gasteiger partial charge in [-0.15, -0.1) is 0 Å². The van der Waals surface area contributed by atoms with E-state index in [-0.39, 0.29) is 28.3 Å². The van der Waals surface area contributed by atoms with Gasteiger partial charge >= 0.3 is 0 Å². The van der Waals surface area contributed by atoms with Gasteiger partial charge < -0.3 is 9.64 Å². The maximum Gasteiger partial charge on any atom is 0.137 e. The molecule has 5 aromatic rings. The van der Waals surface area contributed by atoms with E-state index in [1.54, 1.807) is 0 Å². The Hall–Kier alpha value is -4.64. The van der Waals surface area contributed by atoms with E-state index in [4.69, 9.17) is 14.7 Å². The van der Waals surface area contributed by atoms with Crippen molar-refractivity contribution in [2.45, 2.75) is 85.2 Å². The van der Waals surface area contributed by atoms with Gasteiger partial charge in [0.1, 0.15) is 17.3 Å². The van der Waals surface area contributed by atoms with E-state index in [0.717, 1.165) is 34.0 Å². The van der Waals surface area contributed by atoms with Crippen molar-refractivity contribution in [2.24, 2.45) is 10.4 Å². The van der Waals surface area contributed by atoms with Crippen LogP contribution >= 0.6 is 0 Å². The number of anilines is 1. The summed E-state index contributed by atoms with van der Waals surface area (Å²) in [6.45, 7) is 20.3. The predicted molar refractivity (Wildman–Crippen MR) is 198 cm³/mol. The van der Waals surface area contributed by atoms with Crippen LogP contribution in [0.4, 0.5) is 5.69 Å². The minimum absolute atomic E-state index is 0.0125. The number of fused-ring (bicyclic) bond motifs is 4. The third-order valence-electron chi connectivity index (χ3n) is 9.50. The van der Waals surface area contributed by atoms with Gasteiger partial charge in [0.15, 0.2) is 0 Å². The zero-order valence-corrected chi connectivity index (χ0v) is 29.2. The third kappa shape index (κ3) is 5.77. The Bertz CT molecular complexity index is 2090. The molecule has 1 aliphatic heterocycles. The van der Waals surface area contributed by atoms with Crippen LogP contribution in [0, 0.1) is 5.41 Å². The maximum absolute atomic E-state index is 6.76. The van der Waals surface area contributed by atoms with Crippen LogP contribution in [-0.4, -0.2) is 28.0 Å². The highest BCUT2D eigenvalue weighted by atomic mass is 16.5. The number of aromatic nitrogens is 2. The van der Waals surface area contributed by atoms with Crippen molar-refractivity contribution in [3.8, 4) is 17.3 Å². The van der Waals surface area contributed by atoms with E-state index in [2.05, 4.69) is 163 Å². The highest BCUT2D eigenvalue weighted by molar-refractivity contribution is 6.09. The Morgan fingerprint density at radius 1 is 0.681 bits per heavy atom. The molecule has 1 aliphatic carbocycles. The second kappa shape index (κ2) is 11.0. The van der Waals surface area contributed by atoms with Crippen molar-refractivity contribution < 1.29 is 4.74 Å². The molecule has 0 saturated heterocycles. The van der Waals surface area contributed by atoms with Gasteiger partial charge in [0.2, 0.25) is 0 Å². The lowest BCUT2D eigenvalue weighted by Gasteiger charge is -2.32. The average molecular weight is 623 g/mol. The molecule has 2 unspecified atom stereocenters. The average Bonchev–Trinajstić information content (AvgIpc) is 3.58. The molecule has 7 rings (SSSR count). The second-order valence-corrected chi connectivity index (χ2v) is 16.1. The highest BCUT2D eigenvalue weighted by Crippen LogP contribution is 2.40. The van der Waals surface area contributed by atoms with Crippen LogP contribution in [0.2, 0.25) is 0 Å². The number of hydrogen-bond donors (Lipinski definition) is 0. The first kappa shape index (κ1) is 31.0. The lowest BCUT2D eigenvalue weighted by atomic mass is 9.81. The summed E-state index contributed by atoms with van der Waals surface area (Å²) in [6, 6.07) is 26.2. The van der Waals surface area contributed by atoms with Crippen molar-refractivity contribution in [3.63, 3.8) is 0 Å². The third-order valence-corrected chi connectivity index (χ3v) is 9.50. The molecule has 0 spiro atoms. The molecule has 240 valence electrons. The Balaban J connectivity index is 1.32. The van der Waals surface area contributed by atoms with Crippen LogP contribution in [0.5, 0.6) is 11.5 Å². The van der Waals surface area contributed by atoms with Crippen LogP contribution in [-0.2, 0) is 10.8 Å². The fourth-order valence-corrected chi connectivity index (χ4v) is 6.63. The molecule has 5 heteroatoms. The molecular weight excluding hydrogens is 576 g/mol. The van der Waals surface area contributed by atoms with Gasteiger partial charge in [-0.3, -0.25) is 9.56 Å². The summed E-state index contributed by atoms with van der Waals surface area (Å²) in [5.41, 5.74) is 7.10. The van der Waals surface area contributed by atoms with Gasteiger partial charge in [-0.2, -0.15) is 0 Å². The van der Waals surface area contributed by atoms with Crippen LogP contribution in [0.15, 0.2) is 108 Å². The molecule has 47 heavy (non-hydrogen) atoms. The fraction of sp³-hybridized carbons (Fsp3) is 0.333. The van der Waals surface area contributed by atoms with E-state index in [9.17, 15) is 0 Å². The molecule has 0 saturated carbocycles. The second-order valence-electron chi connectivity index (χ2n) is 16.1. The largest absolute Gasteiger partial charge is 0.457 e. The van der Waals surface area contributed by atoms with Crippen LogP contribution in [0.25, 0.3) is 27.6 Å². The predicted octanol–water partition coefficient (Wildman–Crippen LogP) is 10.7. The number of rotatable bonds is 4. The van der Waals surface area contributed by atoms with E-state index >= 15 is 0 Å². The van der Waals surface area contributed by atoms with Gasteiger partial charge in [-0.25, -0.2) is 4.98 Å². The summed E-state index contributed by atoms with van der Waals surface area (Å²) in [6.07, 6.45) is 10.8. The van der Waals surface area contributed by atoms with Crippen molar-refractivity contribution in [1.29, 1.82) is 0 Å². The first-order valence-corrected chi connectivity index (χ1v) is 16.7. The zero-order chi connectivity index (χ0) is 33.3. The van der Waals surface area contributed by atoms with E-state index in [0.29, 0.717) is 0 Å². The Morgan fingerprint density at radius 2 is 1.43 bits per heavy atom. The quantitative estimate of drug-likeness (QED) is 0.200. The monoisotopic (exact) mass is 622 g/mol. The number of hydrogen-bond acceptors (Lipinski definition) is 4. The molecule has 0 fully saturated rings. The summed E-state index contributed by atoms with van der Waals surface area (Å²) in [5.74, 6) is 2.50. The number of allylic oxidation sites excluding steroid dienone is 2. The normalized spacial score (nSPS) is 18.2. The minimum Gasteiger partial charge on any atom is -0.457 e. The molecule has 0 radical (unpaired) electrons. The number of para-hydroxylation sites is 1. The van der Waals surface area contributed by atoms with Crippen molar-refractivity contribution in [3.05, 3.63) is 114 Å². The van der Waals surface area contributed by atoms with Gasteiger partial charge in [-0.05, 0) is 75.4 Å². The minimum atomic E-state index is -0.0661. The van der Waals surface area contributed by atoms with Crippen molar-refractivity contribution in [1.82, 2.24) is 9.55 Å². The summed E-state index contributed by atoms with van der Waals surface area (Å²) in [7, 11) is 0. The number of nitrogens with zero attached hydrogens (tertiary/aromatic N) is 4. The maximum atomic E-state index is 6.76. The highest BCUT2D eigenvalue weighted by Gasteiger charge is 2.33. The molecule has 3 heterocycles. The molecular formula is C42H46N4O. The lowest BCUT2D eigenvalue weighted by molar-refractivity contribution is 0.479. The lowest BCUT2D eigenvalue weighted by Crippen LogP contribution is -2.36. The van der Waals surface area contributed by atoms with E-state index in [1.165, 1.54) is 27.5 Å². The summed E-state index contributed by atoms with van der Waals surface area (Å²) < 4.78 is 9.03. The number of benzene rings is 3. The molecule has 5 nitrogen and oxygen atoms in total. The molecule has 0 bridgehead atoms. The number of aliphatic imine (C=N–C) groups is 1. The van der Waals surface area contributed by atoms with E-state index < -0.39 is 0 Å². The molecule has 0 N–H and O–H groups in total. The molecule has 0 amide bonds. The first-order chi connectivity index (χ1) is 22.2. The zero-order valence-electron chi connectivity index (χ0n) is 29.2. The SMILES string of the molecule is CC(C)(C)C1=CC2C(C=C1)N=CN2c1cc(Oc2ccc3c4ccccc4n(-c4cc(C(C)(C)C)ccn4)c3c2)cc(C(C)(C)C)c1. The van der Waals surface area contributed by atoms with Crippen molar-refractivity contribution in [2.75, 3.05) is 4.90 Å². The summed E-state index contributed by atoms with van der Waals surface area (Å²) >= 11 is 0. The standard InChI is InChI=1S/C42H46N4O/c1-40(2,3)27-14-17-35-38(22-27)45(26-44-35)30-20-29(42(7,8)9)21-32(24-30)47-31-15-16-34-33-12-10-11-13-36(33)46(37(34)25-31)39-23-28(18-19-43-39)41(4,5)6/h10-26,35,38H,1-9H3. The van der Waals surface area contributed by atoms with E-state index in [1.807, 2.05) is 12.5 Å². The van der Waals surface area contributed by atoms with Gasteiger partial charge in [0.05, 0.1) is 29.5 Å². The van der Waals surface area contributed by atoms with Gasteiger partial charge in [0, 0.05) is 34.8 Å². The van der Waals surface area contributed by atoms with Crippen LogP contribution < -0.4 is 9.64 Å². The first-order valence-electron chi connectivity index (χ1n) is 16.7. The Kier molecular flexibility index (Phi) is 7.23. The number of ether oxygens (including phenoxy) is 1. The Morgan fingerprint density at radius 3 is 2.17 bits per heavy atom. The van der Waals surface area contributed by atoms with Crippen LogP contribution in [0.1, 0.15) is 73.4 Å². The molecule has 3 aromatic carbocycles. The molecule has 2 aliphatic rings. The van der Waals surface area contributed by atoms with Crippen LogP contribution in [0.3, 0.4) is 0 Å². The van der Waals surface area contributed by atoms with Crippen molar-refractivity contribution >= 4 is 33.8 Å². The van der Waals surface area contributed by atoms with Gasteiger partial charge in [0.25, 0.3) is 0 Å². The summed E-state index contributed by atoms with van der Waals surface area (Å²) in [4.78, 5) is 12.0. The molecule has 2 atom stereocenters. The smallest absolute Gasteiger partial charge is 0.137 e. The van der Waals surface area contributed by atoms with Gasteiger partial charge in [-0.1, -0.05) is 98.7 Å². The Labute approximate surface area is 279 Å². The topological polar surface area (TPSA) is 42.6 Å². The summed E-state index contributed by atoms with van der Waals surface area (Å²) in [5, 5.41) is 2.37. The fourth-order valence-electron chi connectivity index (χ4n) is 6.63. The molecule has 2 aromatic heterocycles.